The standard InChI is InChI=1S/C22H28Cl2N4O3S/c1-14(28-13-32(30,31)19-11-10-18(23)15(2)21(19)24)4-3-5-20(29)27-12-16-6-8-17(9-7-16)22(25)26/h6-11,14,28H,3-5,12-13H2,1-2H3,(H3,25,26)(H,27,29). The second kappa shape index (κ2) is 11.7. The molecule has 174 valence electrons. The maximum Gasteiger partial charge on any atom is 0.220 e. The van der Waals surface area contributed by atoms with Gasteiger partial charge in [-0.15, -0.1) is 0 Å². The fraction of sp³-hybridized carbons (Fsp3) is 0.364. The van der Waals surface area contributed by atoms with Gasteiger partial charge in [-0.2, -0.15) is 0 Å². The maximum absolute atomic E-state index is 12.6. The molecule has 0 heterocycles. The molecule has 0 radical (unpaired) electrons. The van der Waals surface area contributed by atoms with E-state index < -0.39 is 9.84 Å². The highest BCUT2D eigenvalue weighted by atomic mass is 35.5. The van der Waals surface area contributed by atoms with Gasteiger partial charge in [0.2, 0.25) is 5.91 Å². The zero-order valence-corrected chi connectivity index (χ0v) is 20.4. The van der Waals surface area contributed by atoms with Crippen molar-refractivity contribution in [3.63, 3.8) is 0 Å². The molecule has 0 bridgehead atoms. The zero-order valence-electron chi connectivity index (χ0n) is 18.0. The molecule has 0 aromatic heterocycles. The maximum atomic E-state index is 12.6. The van der Waals surface area contributed by atoms with E-state index in [2.05, 4.69) is 10.6 Å². The van der Waals surface area contributed by atoms with Gasteiger partial charge in [0.05, 0.1) is 9.92 Å². The van der Waals surface area contributed by atoms with E-state index >= 15 is 0 Å². The molecule has 1 atom stereocenters. The first-order chi connectivity index (χ1) is 15.0. The van der Waals surface area contributed by atoms with Crippen LogP contribution >= 0.6 is 23.2 Å². The van der Waals surface area contributed by atoms with Crippen molar-refractivity contribution in [3.8, 4) is 0 Å². The van der Waals surface area contributed by atoms with Crippen molar-refractivity contribution in [2.24, 2.45) is 5.73 Å². The predicted molar refractivity (Wildman–Crippen MR) is 129 cm³/mol. The Kier molecular flexibility index (Phi) is 9.51. The fourth-order valence-electron chi connectivity index (χ4n) is 2.97. The number of hydrogen-bond acceptors (Lipinski definition) is 5. The number of nitrogens with one attached hydrogen (secondary N) is 3. The van der Waals surface area contributed by atoms with Crippen LogP contribution in [-0.2, 0) is 21.2 Å². The van der Waals surface area contributed by atoms with Gasteiger partial charge in [0.1, 0.15) is 11.7 Å². The number of rotatable bonds is 11. The minimum absolute atomic E-state index is 0.00231. The van der Waals surface area contributed by atoms with Gasteiger partial charge >= 0.3 is 0 Å². The molecule has 0 aliphatic rings. The van der Waals surface area contributed by atoms with Crippen LogP contribution in [0.1, 0.15) is 42.9 Å². The van der Waals surface area contributed by atoms with Crippen LogP contribution in [0.25, 0.3) is 0 Å². The molecule has 1 unspecified atom stereocenters. The first kappa shape index (κ1) is 26.1. The Hall–Kier alpha value is -2.13. The molecule has 0 saturated carbocycles. The highest BCUT2D eigenvalue weighted by Gasteiger charge is 2.21. The topological polar surface area (TPSA) is 125 Å². The number of amidine groups is 1. The molecule has 0 saturated heterocycles. The van der Waals surface area contributed by atoms with Gasteiger partial charge in [-0.05, 0) is 49.9 Å². The lowest BCUT2D eigenvalue weighted by molar-refractivity contribution is -0.121. The third kappa shape index (κ3) is 7.48. The fourth-order valence-corrected chi connectivity index (χ4v) is 5.05. The summed E-state index contributed by atoms with van der Waals surface area (Å²) in [5.74, 6) is -0.330. The number of benzene rings is 2. The summed E-state index contributed by atoms with van der Waals surface area (Å²) in [6.07, 6.45) is 1.60. The van der Waals surface area contributed by atoms with Gasteiger partial charge in [-0.3, -0.25) is 10.2 Å². The van der Waals surface area contributed by atoms with Gasteiger partial charge < -0.3 is 16.4 Å². The normalized spacial score (nSPS) is 12.4. The van der Waals surface area contributed by atoms with Crippen LogP contribution in [0.2, 0.25) is 10.0 Å². The van der Waals surface area contributed by atoms with E-state index in [1.165, 1.54) is 12.1 Å². The number of carbonyl (C=O) groups excluding carboxylic acids is 1. The lowest BCUT2D eigenvalue weighted by Gasteiger charge is -2.15. The van der Waals surface area contributed by atoms with Crippen LogP contribution < -0.4 is 16.4 Å². The average Bonchev–Trinajstić information content (AvgIpc) is 2.75. The van der Waals surface area contributed by atoms with Crippen molar-refractivity contribution in [1.82, 2.24) is 10.6 Å². The average molecular weight is 499 g/mol. The molecule has 2 rings (SSSR count). The summed E-state index contributed by atoms with van der Waals surface area (Å²) >= 11 is 12.1. The Labute approximate surface area is 199 Å². The number of sulfone groups is 1. The summed E-state index contributed by atoms with van der Waals surface area (Å²) in [5, 5.41) is 13.8. The molecule has 32 heavy (non-hydrogen) atoms. The molecule has 7 nitrogen and oxygen atoms in total. The van der Waals surface area contributed by atoms with E-state index in [0.29, 0.717) is 42.0 Å². The van der Waals surface area contributed by atoms with Crippen LogP contribution in [0, 0.1) is 12.3 Å². The summed E-state index contributed by atoms with van der Waals surface area (Å²) in [4.78, 5) is 12.1. The number of nitrogen functional groups attached to an aromatic ring is 1. The Balaban J connectivity index is 1.73. The Morgan fingerprint density at radius 3 is 2.44 bits per heavy atom. The SMILES string of the molecule is Cc1c(Cl)ccc(S(=O)(=O)CNC(C)CCCC(=O)NCc2ccc(C(=N)N)cc2)c1Cl. The van der Waals surface area contributed by atoms with Gasteiger partial charge in [0.25, 0.3) is 0 Å². The largest absolute Gasteiger partial charge is 0.384 e. The monoisotopic (exact) mass is 498 g/mol. The molecule has 2 aromatic rings. The first-order valence-electron chi connectivity index (χ1n) is 10.1. The molecule has 0 fully saturated rings. The van der Waals surface area contributed by atoms with Crippen molar-refractivity contribution in [2.75, 3.05) is 5.88 Å². The van der Waals surface area contributed by atoms with Crippen LogP contribution in [0.5, 0.6) is 0 Å². The molecular formula is C22H28Cl2N4O3S. The summed E-state index contributed by atoms with van der Waals surface area (Å²) in [6, 6.07) is 9.96. The Morgan fingerprint density at radius 1 is 1.16 bits per heavy atom. The molecule has 10 heteroatoms. The van der Waals surface area contributed by atoms with Crippen LogP contribution in [0.4, 0.5) is 0 Å². The smallest absolute Gasteiger partial charge is 0.220 e. The molecule has 5 N–H and O–H groups in total. The van der Waals surface area contributed by atoms with Gasteiger partial charge in [-0.25, -0.2) is 8.42 Å². The van der Waals surface area contributed by atoms with Crippen molar-refractivity contribution >= 4 is 44.8 Å². The number of hydrogen-bond donors (Lipinski definition) is 4. The lowest BCUT2D eigenvalue weighted by Crippen LogP contribution is -2.32. The third-order valence-corrected chi connectivity index (χ3v) is 7.60. The number of halogens is 2. The van der Waals surface area contributed by atoms with E-state index in [1.54, 1.807) is 19.1 Å². The van der Waals surface area contributed by atoms with Crippen LogP contribution in [0.3, 0.4) is 0 Å². The quantitative estimate of drug-likeness (QED) is 0.277. The summed E-state index contributed by atoms with van der Waals surface area (Å²) in [6.45, 7) is 3.94. The number of carbonyl (C=O) groups is 1. The van der Waals surface area contributed by atoms with Crippen molar-refractivity contribution in [1.29, 1.82) is 5.41 Å². The van der Waals surface area contributed by atoms with E-state index in [-0.39, 0.29) is 33.6 Å². The predicted octanol–water partition coefficient (Wildman–Crippen LogP) is 3.78. The minimum atomic E-state index is -3.62. The van der Waals surface area contributed by atoms with E-state index in [9.17, 15) is 13.2 Å². The first-order valence-corrected chi connectivity index (χ1v) is 12.5. The van der Waals surface area contributed by atoms with E-state index in [4.69, 9.17) is 34.3 Å². The molecule has 0 aliphatic heterocycles. The molecule has 1 amide bonds. The molecule has 2 aromatic carbocycles. The van der Waals surface area contributed by atoms with E-state index in [1.807, 2.05) is 19.1 Å². The number of nitrogens with two attached hydrogens (primary N) is 1. The Bertz CT molecular complexity index is 1070. The second-order valence-electron chi connectivity index (χ2n) is 7.63. The Morgan fingerprint density at radius 2 is 1.81 bits per heavy atom. The van der Waals surface area contributed by atoms with Gasteiger partial charge in [0.15, 0.2) is 9.84 Å². The van der Waals surface area contributed by atoms with Gasteiger partial charge in [-0.1, -0.05) is 47.5 Å². The van der Waals surface area contributed by atoms with Crippen molar-refractivity contribution < 1.29 is 13.2 Å². The molecular weight excluding hydrogens is 471 g/mol. The zero-order chi connectivity index (χ0) is 23.9. The molecule has 0 spiro atoms. The van der Waals surface area contributed by atoms with Crippen molar-refractivity contribution in [2.45, 2.75) is 50.6 Å². The minimum Gasteiger partial charge on any atom is -0.384 e. The van der Waals surface area contributed by atoms with Gasteiger partial charge in [0, 0.05) is 29.6 Å². The van der Waals surface area contributed by atoms with Crippen LogP contribution in [-0.4, -0.2) is 32.1 Å². The summed E-state index contributed by atoms with van der Waals surface area (Å²) in [7, 11) is -3.62. The molecule has 0 aliphatic carbocycles. The third-order valence-electron chi connectivity index (χ3n) is 5.04. The van der Waals surface area contributed by atoms with Crippen LogP contribution in [0.15, 0.2) is 41.3 Å². The highest BCUT2D eigenvalue weighted by Crippen LogP contribution is 2.30. The summed E-state index contributed by atoms with van der Waals surface area (Å²) in [5.41, 5.74) is 7.51. The second-order valence-corrected chi connectivity index (χ2v) is 10.4. The highest BCUT2D eigenvalue weighted by molar-refractivity contribution is 7.91. The van der Waals surface area contributed by atoms with E-state index in [0.717, 1.165) is 5.56 Å². The summed E-state index contributed by atoms with van der Waals surface area (Å²) < 4.78 is 25.2. The lowest BCUT2D eigenvalue weighted by atomic mass is 10.1. The number of amides is 1. The van der Waals surface area contributed by atoms with Crippen molar-refractivity contribution in [3.05, 3.63) is 63.1 Å².